The van der Waals surface area contributed by atoms with E-state index >= 15 is 0 Å². The second-order valence-electron chi connectivity index (χ2n) is 8.13. The van der Waals surface area contributed by atoms with E-state index in [-0.39, 0.29) is 0 Å². The summed E-state index contributed by atoms with van der Waals surface area (Å²) >= 11 is 0. The van der Waals surface area contributed by atoms with Crippen LogP contribution >= 0.6 is 0 Å². The normalized spacial score (nSPS) is 29.4. The van der Waals surface area contributed by atoms with Crippen LogP contribution in [0.25, 0.3) is 0 Å². The molecule has 0 aromatic heterocycles. The monoisotopic (exact) mass is 304 g/mol. The van der Waals surface area contributed by atoms with Gasteiger partial charge in [-0.25, -0.2) is 0 Å². The van der Waals surface area contributed by atoms with Gasteiger partial charge in [0.15, 0.2) is 0 Å². The van der Waals surface area contributed by atoms with Crippen LogP contribution in [-0.4, -0.2) is 0 Å². The Labute approximate surface area is 140 Å². The van der Waals surface area contributed by atoms with E-state index in [9.17, 15) is 0 Å². The van der Waals surface area contributed by atoms with Gasteiger partial charge in [0.05, 0.1) is 0 Å². The van der Waals surface area contributed by atoms with Gasteiger partial charge in [-0.2, -0.15) is 0 Å². The van der Waals surface area contributed by atoms with Crippen molar-refractivity contribution in [1.29, 1.82) is 0 Å². The summed E-state index contributed by atoms with van der Waals surface area (Å²) in [4.78, 5) is 0. The lowest BCUT2D eigenvalue weighted by Gasteiger charge is -2.33. The van der Waals surface area contributed by atoms with E-state index in [4.69, 9.17) is 0 Å². The standard InChI is InChI=1S/C22H40/c1-3-5-6-7-8-10-20-13-17-22(18-14-20)21-15-11-19(9-4-2)12-16-21/h17,19-21H,3-16,18H2,1-2H3. The summed E-state index contributed by atoms with van der Waals surface area (Å²) in [7, 11) is 0. The highest BCUT2D eigenvalue weighted by Crippen LogP contribution is 2.40. The summed E-state index contributed by atoms with van der Waals surface area (Å²) in [5.41, 5.74) is 1.86. The van der Waals surface area contributed by atoms with Crippen molar-refractivity contribution in [2.45, 2.75) is 110 Å². The molecular weight excluding hydrogens is 264 g/mol. The molecule has 128 valence electrons. The Morgan fingerprint density at radius 3 is 2.18 bits per heavy atom. The molecule has 2 rings (SSSR count). The molecule has 0 spiro atoms. The molecule has 0 aromatic rings. The molecule has 0 radical (unpaired) electrons. The van der Waals surface area contributed by atoms with Crippen LogP contribution in [0.4, 0.5) is 0 Å². The van der Waals surface area contributed by atoms with Crippen molar-refractivity contribution < 1.29 is 0 Å². The molecular formula is C22H40. The lowest BCUT2D eigenvalue weighted by molar-refractivity contribution is 0.275. The maximum atomic E-state index is 2.67. The van der Waals surface area contributed by atoms with E-state index in [2.05, 4.69) is 19.9 Å². The molecule has 2 aliphatic rings. The third-order valence-electron chi connectivity index (χ3n) is 6.34. The first-order chi connectivity index (χ1) is 10.8. The molecule has 0 N–H and O–H groups in total. The van der Waals surface area contributed by atoms with Crippen LogP contribution in [0.2, 0.25) is 0 Å². The lowest BCUT2D eigenvalue weighted by atomic mass is 9.73. The van der Waals surface area contributed by atoms with Crippen LogP contribution in [0.1, 0.15) is 110 Å². The molecule has 1 unspecified atom stereocenters. The van der Waals surface area contributed by atoms with E-state index in [1.54, 1.807) is 0 Å². The van der Waals surface area contributed by atoms with Crippen molar-refractivity contribution in [2.24, 2.45) is 17.8 Å². The summed E-state index contributed by atoms with van der Waals surface area (Å²) < 4.78 is 0. The number of unbranched alkanes of at least 4 members (excludes halogenated alkanes) is 4. The number of allylic oxidation sites excluding steroid dienone is 2. The van der Waals surface area contributed by atoms with Gasteiger partial charge < -0.3 is 0 Å². The fourth-order valence-corrected chi connectivity index (χ4v) is 4.81. The van der Waals surface area contributed by atoms with Gasteiger partial charge in [-0.05, 0) is 62.7 Å². The molecule has 0 aromatic carbocycles. The van der Waals surface area contributed by atoms with Crippen LogP contribution < -0.4 is 0 Å². The van der Waals surface area contributed by atoms with Gasteiger partial charge in [0.1, 0.15) is 0 Å². The fourth-order valence-electron chi connectivity index (χ4n) is 4.81. The average molecular weight is 305 g/mol. The van der Waals surface area contributed by atoms with Crippen LogP contribution in [0.5, 0.6) is 0 Å². The first-order valence-electron chi connectivity index (χ1n) is 10.5. The summed E-state index contributed by atoms with van der Waals surface area (Å²) in [6.45, 7) is 4.65. The topological polar surface area (TPSA) is 0 Å². The highest BCUT2D eigenvalue weighted by atomic mass is 14.3. The summed E-state index contributed by atoms with van der Waals surface area (Å²) in [5.74, 6) is 3.04. The largest absolute Gasteiger partial charge is 0.0848 e. The van der Waals surface area contributed by atoms with E-state index in [0.29, 0.717) is 0 Å². The maximum absolute atomic E-state index is 2.67. The smallest absolute Gasteiger partial charge is 0.0203 e. The zero-order valence-electron chi connectivity index (χ0n) is 15.4. The number of hydrogen-bond donors (Lipinski definition) is 0. The van der Waals surface area contributed by atoms with Crippen molar-refractivity contribution in [1.82, 2.24) is 0 Å². The molecule has 0 heterocycles. The molecule has 1 atom stereocenters. The molecule has 0 nitrogen and oxygen atoms in total. The van der Waals surface area contributed by atoms with Gasteiger partial charge in [0, 0.05) is 0 Å². The van der Waals surface area contributed by atoms with Crippen molar-refractivity contribution in [2.75, 3.05) is 0 Å². The Morgan fingerprint density at radius 2 is 1.55 bits per heavy atom. The molecule has 2 aliphatic carbocycles. The second kappa shape index (κ2) is 10.5. The van der Waals surface area contributed by atoms with Gasteiger partial charge in [0.25, 0.3) is 0 Å². The van der Waals surface area contributed by atoms with Gasteiger partial charge >= 0.3 is 0 Å². The predicted octanol–water partition coefficient (Wildman–Crippen LogP) is 7.68. The van der Waals surface area contributed by atoms with Crippen molar-refractivity contribution >= 4 is 0 Å². The summed E-state index contributed by atoms with van der Waals surface area (Å²) in [5, 5.41) is 0. The zero-order chi connectivity index (χ0) is 15.6. The van der Waals surface area contributed by atoms with Gasteiger partial charge in [-0.15, -0.1) is 0 Å². The number of rotatable bonds is 9. The molecule has 0 amide bonds. The molecule has 22 heavy (non-hydrogen) atoms. The Kier molecular flexibility index (Phi) is 8.63. The lowest BCUT2D eigenvalue weighted by Crippen LogP contribution is -2.18. The zero-order valence-corrected chi connectivity index (χ0v) is 15.4. The van der Waals surface area contributed by atoms with Crippen LogP contribution in [0.3, 0.4) is 0 Å². The Bertz CT molecular complexity index is 306. The summed E-state index contributed by atoms with van der Waals surface area (Å²) in [6, 6.07) is 0. The Morgan fingerprint density at radius 1 is 0.773 bits per heavy atom. The van der Waals surface area contributed by atoms with E-state index in [0.717, 1.165) is 17.8 Å². The molecule has 0 heteroatoms. The maximum Gasteiger partial charge on any atom is -0.0203 e. The van der Waals surface area contributed by atoms with Gasteiger partial charge in [-0.1, -0.05) is 76.9 Å². The Hall–Kier alpha value is -0.260. The molecule has 1 fully saturated rings. The second-order valence-corrected chi connectivity index (χ2v) is 8.13. The minimum absolute atomic E-state index is 0.971. The number of hydrogen-bond acceptors (Lipinski definition) is 0. The third kappa shape index (κ3) is 6.09. The van der Waals surface area contributed by atoms with Crippen molar-refractivity contribution in [3.05, 3.63) is 11.6 Å². The molecule has 0 aliphatic heterocycles. The van der Waals surface area contributed by atoms with E-state index < -0.39 is 0 Å². The van der Waals surface area contributed by atoms with Crippen molar-refractivity contribution in [3.63, 3.8) is 0 Å². The Balaban J connectivity index is 1.62. The predicted molar refractivity (Wildman–Crippen MR) is 99.2 cm³/mol. The molecule has 0 saturated heterocycles. The van der Waals surface area contributed by atoms with Crippen LogP contribution in [0, 0.1) is 17.8 Å². The third-order valence-corrected chi connectivity index (χ3v) is 6.34. The molecule has 0 bridgehead atoms. The molecule has 1 saturated carbocycles. The van der Waals surface area contributed by atoms with E-state index in [1.165, 1.54) is 96.3 Å². The minimum atomic E-state index is 0.971. The minimum Gasteiger partial charge on any atom is -0.0848 e. The van der Waals surface area contributed by atoms with Gasteiger partial charge in [-0.3, -0.25) is 0 Å². The average Bonchev–Trinajstić information content (AvgIpc) is 2.56. The van der Waals surface area contributed by atoms with Gasteiger partial charge in [0.2, 0.25) is 0 Å². The van der Waals surface area contributed by atoms with Crippen LogP contribution in [-0.2, 0) is 0 Å². The quantitative estimate of drug-likeness (QED) is 0.302. The van der Waals surface area contributed by atoms with Crippen LogP contribution in [0.15, 0.2) is 11.6 Å². The fraction of sp³-hybridized carbons (Fsp3) is 0.909. The highest BCUT2D eigenvalue weighted by molar-refractivity contribution is 5.11. The first kappa shape index (κ1) is 18.1. The SMILES string of the molecule is CCCCCCCC1CC=C(C2CCC(CCC)CC2)CC1. The van der Waals surface area contributed by atoms with Crippen molar-refractivity contribution in [3.8, 4) is 0 Å². The summed E-state index contributed by atoms with van der Waals surface area (Å²) in [6.07, 6.45) is 24.6. The first-order valence-corrected chi connectivity index (χ1v) is 10.5. The van der Waals surface area contributed by atoms with E-state index in [1.807, 2.05) is 5.57 Å². The highest BCUT2D eigenvalue weighted by Gasteiger charge is 2.25.